The number of carbonyl (C=O) groups excluding carboxylic acids is 1. The van der Waals surface area contributed by atoms with Crippen LogP contribution in [-0.4, -0.2) is 35.4 Å². The average Bonchev–Trinajstić information content (AvgIpc) is 3.17. The molecule has 0 bridgehead atoms. The Kier molecular flexibility index (Phi) is 4.25. The molecule has 3 rings (SSSR count). The van der Waals surface area contributed by atoms with Crippen LogP contribution in [0.25, 0.3) is 5.69 Å². The summed E-state index contributed by atoms with van der Waals surface area (Å²) in [7, 11) is 0. The van der Waals surface area contributed by atoms with E-state index in [9.17, 15) is 14.9 Å². The van der Waals surface area contributed by atoms with Crippen molar-refractivity contribution in [2.45, 2.75) is 20.4 Å². The van der Waals surface area contributed by atoms with Gasteiger partial charge in [-0.1, -0.05) is 12.1 Å². The highest BCUT2D eigenvalue weighted by molar-refractivity contribution is 5.92. The van der Waals surface area contributed by atoms with Gasteiger partial charge in [-0.25, -0.2) is 9.67 Å². The summed E-state index contributed by atoms with van der Waals surface area (Å²) in [5.74, 6) is -0.354. The lowest BCUT2D eigenvalue weighted by Gasteiger charge is -2.11. The van der Waals surface area contributed by atoms with Crippen molar-refractivity contribution in [3.8, 4) is 5.69 Å². The Bertz CT molecular complexity index is 931. The molecule has 10 nitrogen and oxygen atoms in total. The molecule has 2 aromatic heterocycles. The number of anilines is 1. The predicted molar refractivity (Wildman–Crippen MR) is 88.3 cm³/mol. The molecule has 0 aliphatic heterocycles. The number of carbonyl (C=O) groups is 1. The molecular weight excluding hydrogens is 326 g/mol. The van der Waals surface area contributed by atoms with Crippen LogP contribution in [0.4, 0.5) is 11.4 Å². The molecule has 25 heavy (non-hydrogen) atoms. The minimum atomic E-state index is -0.494. The maximum absolute atomic E-state index is 12.4. The van der Waals surface area contributed by atoms with Crippen LogP contribution in [0.5, 0.6) is 0 Å². The van der Waals surface area contributed by atoms with Gasteiger partial charge in [0.05, 0.1) is 16.3 Å². The van der Waals surface area contributed by atoms with Gasteiger partial charge in [-0.15, -0.1) is 0 Å². The van der Waals surface area contributed by atoms with Gasteiger partial charge in [-0.3, -0.25) is 19.6 Å². The molecule has 0 aliphatic rings. The third-order valence-electron chi connectivity index (χ3n) is 3.66. The second kappa shape index (κ2) is 6.51. The van der Waals surface area contributed by atoms with Crippen molar-refractivity contribution in [2.24, 2.45) is 0 Å². The quantitative estimate of drug-likeness (QED) is 0.556. The Hall–Kier alpha value is -3.56. The van der Waals surface area contributed by atoms with Gasteiger partial charge in [0, 0.05) is 0 Å². The molecule has 0 spiro atoms. The zero-order valence-corrected chi connectivity index (χ0v) is 13.6. The first-order valence-corrected chi connectivity index (χ1v) is 7.39. The minimum Gasteiger partial charge on any atom is -0.323 e. The minimum absolute atomic E-state index is 0.0733. The molecule has 1 amide bonds. The molecule has 0 radical (unpaired) electrons. The van der Waals surface area contributed by atoms with Gasteiger partial charge < -0.3 is 5.32 Å². The van der Waals surface area contributed by atoms with Crippen molar-refractivity contribution in [1.29, 1.82) is 0 Å². The summed E-state index contributed by atoms with van der Waals surface area (Å²) < 4.78 is 2.85. The molecule has 1 aromatic carbocycles. The number of para-hydroxylation sites is 2. The molecule has 1 N–H and O–H groups in total. The van der Waals surface area contributed by atoms with E-state index in [1.807, 2.05) is 6.07 Å². The lowest BCUT2D eigenvalue weighted by molar-refractivity contribution is -0.386. The van der Waals surface area contributed by atoms with E-state index in [4.69, 9.17) is 0 Å². The number of nitrogens with one attached hydrogen (secondary N) is 1. The zero-order chi connectivity index (χ0) is 18.0. The Morgan fingerprint density at radius 3 is 2.72 bits per heavy atom. The van der Waals surface area contributed by atoms with Crippen LogP contribution in [0.15, 0.2) is 36.9 Å². The molecule has 0 unspecified atom stereocenters. The summed E-state index contributed by atoms with van der Waals surface area (Å²) in [4.78, 5) is 26.8. The van der Waals surface area contributed by atoms with E-state index in [0.29, 0.717) is 17.1 Å². The molecule has 0 fully saturated rings. The lowest BCUT2D eigenvalue weighted by atomic mass is 10.2. The van der Waals surface area contributed by atoms with Gasteiger partial charge in [0.15, 0.2) is 0 Å². The smallest absolute Gasteiger partial charge is 0.312 e. The number of aromatic nitrogens is 5. The number of rotatable bonds is 5. The largest absolute Gasteiger partial charge is 0.323 e. The molecule has 0 atom stereocenters. The van der Waals surface area contributed by atoms with Gasteiger partial charge >= 0.3 is 5.69 Å². The Morgan fingerprint density at radius 2 is 2.08 bits per heavy atom. The third-order valence-corrected chi connectivity index (χ3v) is 3.66. The number of hydrogen-bond donors (Lipinski definition) is 1. The normalized spacial score (nSPS) is 10.6. The summed E-state index contributed by atoms with van der Waals surface area (Å²) >= 11 is 0. The first-order valence-electron chi connectivity index (χ1n) is 7.39. The second-order valence-electron chi connectivity index (χ2n) is 5.34. The fraction of sp³-hybridized carbons (Fsp3) is 0.200. The fourth-order valence-electron chi connectivity index (χ4n) is 2.54. The summed E-state index contributed by atoms with van der Waals surface area (Å²) in [5, 5.41) is 21.9. The molecule has 128 valence electrons. The molecule has 2 heterocycles. The first-order chi connectivity index (χ1) is 12.0. The SMILES string of the molecule is Cc1nn(CC(=O)Nc2ccccc2-n2cncn2)c(C)c1[N+](=O)[O-]. The predicted octanol–water partition coefficient (Wildman–Crippen LogP) is 1.63. The molecule has 0 saturated carbocycles. The van der Waals surface area contributed by atoms with E-state index in [0.717, 1.165) is 0 Å². The molecule has 0 saturated heterocycles. The third kappa shape index (κ3) is 3.22. The Morgan fingerprint density at radius 1 is 1.32 bits per heavy atom. The van der Waals surface area contributed by atoms with Gasteiger partial charge in [0.25, 0.3) is 0 Å². The van der Waals surface area contributed by atoms with E-state index in [1.54, 1.807) is 32.0 Å². The monoisotopic (exact) mass is 341 g/mol. The van der Waals surface area contributed by atoms with Crippen molar-refractivity contribution >= 4 is 17.3 Å². The molecule has 10 heteroatoms. The van der Waals surface area contributed by atoms with Crippen LogP contribution < -0.4 is 5.32 Å². The average molecular weight is 341 g/mol. The van der Waals surface area contributed by atoms with E-state index >= 15 is 0 Å². The zero-order valence-electron chi connectivity index (χ0n) is 13.6. The highest BCUT2D eigenvalue weighted by atomic mass is 16.6. The summed E-state index contributed by atoms with van der Waals surface area (Å²) in [6.07, 6.45) is 2.92. The van der Waals surface area contributed by atoms with Gasteiger partial charge in [0.1, 0.15) is 30.6 Å². The molecule has 0 aliphatic carbocycles. The maximum atomic E-state index is 12.4. The van der Waals surface area contributed by atoms with Crippen molar-refractivity contribution in [2.75, 3.05) is 5.32 Å². The van der Waals surface area contributed by atoms with Crippen LogP contribution in [0.3, 0.4) is 0 Å². The van der Waals surface area contributed by atoms with Crippen LogP contribution in [-0.2, 0) is 11.3 Å². The van der Waals surface area contributed by atoms with Gasteiger partial charge in [0.2, 0.25) is 5.91 Å². The number of nitrogens with zero attached hydrogens (tertiary/aromatic N) is 6. The van der Waals surface area contributed by atoms with Crippen LogP contribution in [0.1, 0.15) is 11.4 Å². The first kappa shape index (κ1) is 16.3. The lowest BCUT2D eigenvalue weighted by Crippen LogP contribution is -2.21. The number of nitro groups is 1. The summed E-state index contributed by atoms with van der Waals surface area (Å²) in [5.41, 5.74) is 1.75. The maximum Gasteiger partial charge on any atom is 0.312 e. The highest BCUT2D eigenvalue weighted by Gasteiger charge is 2.23. The Labute approximate surface area is 142 Å². The molecular formula is C15H15N7O3. The van der Waals surface area contributed by atoms with Crippen LogP contribution in [0, 0.1) is 24.0 Å². The van der Waals surface area contributed by atoms with Crippen molar-refractivity contribution in [1.82, 2.24) is 24.5 Å². The number of amides is 1. The highest BCUT2D eigenvalue weighted by Crippen LogP contribution is 2.22. The summed E-state index contributed by atoms with van der Waals surface area (Å²) in [6, 6.07) is 7.12. The van der Waals surface area contributed by atoms with Crippen molar-refractivity contribution < 1.29 is 9.72 Å². The molecule has 3 aromatic rings. The second-order valence-corrected chi connectivity index (χ2v) is 5.34. The van der Waals surface area contributed by atoms with Crippen molar-refractivity contribution in [3.63, 3.8) is 0 Å². The Balaban J connectivity index is 1.81. The number of aryl methyl sites for hydroxylation is 1. The number of hydrogen-bond acceptors (Lipinski definition) is 6. The summed E-state index contributed by atoms with van der Waals surface area (Å²) in [6.45, 7) is 2.97. The van der Waals surface area contributed by atoms with E-state index in [2.05, 4.69) is 20.5 Å². The van der Waals surface area contributed by atoms with Crippen LogP contribution >= 0.6 is 0 Å². The van der Waals surface area contributed by atoms with Gasteiger partial charge in [-0.2, -0.15) is 10.2 Å². The number of benzene rings is 1. The van der Waals surface area contributed by atoms with Crippen LogP contribution in [0.2, 0.25) is 0 Å². The van der Waals surface area contributed by atoms with E-state index < -0.39 is 4.92 Å². The van der Waals surface area contributed by atoms with Gasteiger partial charge in [-0.05, 0) is 26.0 Å². The standard InChI is InChI=1S/C15H15N7O3/c1-10-15(22(24)25)11(2)20(19-10)7-14(23)18-12-5-3-4-6-13(12)21-9-16-8-17-21/h3-6,8-9H,7H2,1-2H3,(H,18,23). The fourth-order valence-corrected chi connectivity index (χ4v) is 2.54. The van der Waals surface area contributed by atoms with E-state index in [-0.39, 0.29) is 23.8 Å². The van der Waals surface area contributed by atoms with Crippen molar-refractivity contribution in [3.05, 3.63) is 58.4 Å². The topological polar surface area (TPSA) is 121 Å². The van der Waals surface area contributed by atoms with E-state index in [1.165, 1.54) is 22.0 Å².